The molecule has 0 fully saturated rings. The van der Waals surface area contributed by atoms with Crippen LogP contribution in [0.1, 0.15) is 35.1 Å². The van der Waals surface area contributed by atoms with Crippen molar-refractivity contribution < 1.29 is 27.2 Å². The first-order chi connectivity index (χ1) is 19.4. The third-order valence-electron chi connectivity index (χ3n) is 6.67. The van der Waals surface area contributed by atoms with Crippen LogP contribution in [0.4, 0.5) is 0 Å². The number of ether oxygens (including phenoxy) is 2. The lowest BCUT2D eigenvalue weighted by molar-refractivity contribution is -0.0946. The molecule has 2 atom stereocenters. The Morgan fingerprint density at radius 2 is 1.15 bits per heavy atom. The third kappa shape index (κ3) is 7.87. The van der Waals surface area contributed by atoms with E-state index in [-0.39, 0.29) is 19.8 Å². The normalized spacial score (nSPS) is 13.6. The van der Waals surface area contributed by atoms with Gasteiger partial charge in [-0.3, -0.25) is 4.18 Å². The molecule has 0 heterocycles. The van der Waals surface area contributed by atoms with Gasteiger partial charge in [-0.05, 0) is 35.1 Å². The van der Waals surface area contributed by atoms with Crippen molar-refractivity contribution in [3.05, 3.63) is 144 Å². The van der Waals surface area contributed by atoms with Gasteiger partial charge in [0.25, 0.3) is 10.1 Å². The predicted octanol–water partition coefficient (Wildman–Crippen LogP) is 5.70. The summed E-state index contributed by atoms with van der Waals surface area (Å²) in [4.78, 5) is 0. The number of hydrogen-bond donors (Lipinski definition) is 1. The van der Waals surface area contributed by atoms with Crippen molar-refractivity contribution in [1.82, 2.24) is 0 Å². The average Bonchev–Trinajstić information content (AvgIpc) is 2.98. The van der Waals surface area contributed by atoms with Gasteiger partial charge in [0.05, 0.1) is 25.6 Å². The first-order valence-corrected chi connectivity index (χ1v) is 15.2. The van der Waals surface area contributed by atoms with Crippen LogP contribution in [0.2, 0.25) is 0 Å². The summed E-state index contributed by atoms with van der Waals surface area (Å²) >= 11 is 0. The molecule has 1 N–H and O–H groups in total. The summed E-state index contributed by atoms with van der Waals surface area (Å²) < 4.78 is 43.6. The quantitative estimate of drug-likeness (QED) is 0.148. The fourth-order valence-corrected chi connectivity index (χ4v) is 5.47. The van der Waals surface area contributed by atoms with Crippen LogP contribution >= 0.6 is 0 Å². The molecule has 0 unspecified atom stereocenters. The summed E-state index contributed by atoms with van der Waals surface area (Å²) in [5.74, 6) is 0. The minimum atomic E-state index is -3.86. The Morgan fingerprint density at radius 1 is 0.700 bits per heavy atom. The molecule has 0 aliphatic carbocycles. The minimum absolute atomic E-state index is 0.0559. The van der Waals surface area contributed by atoms with Gasteiger partial charge in [0.1, 0.15) is 11.7 Å². The lowest BCUT2D eigenvalue weighted by Crippen LogP contribution is -2.42. The molecular weight excluding hydrogens is 524 g/mol. The van der Waals surface area contributed by atoms with E-state index in [1.807, 2.05) is 121 Å². The molecule has 0 bridgehead atoms. The van der Waals surface area contributed by atoms with Crippen molar-refractivity contribution in [1.29, 1.82) is 0 Å². The summed E-state index contributed by atoms with van der Waals surface area (Å²) in [5, 5.41) is 9.57. The molecule has 6 nitrogen and oxygen atoms in total. The van der Waals surface area contributed by atoms with Gasteiger partial charge in [0.2, 0.25) is 0 Å². The molecule has 0 saturated heterocycles. The molecule has 210 valence electrons. The fraction of sp³-hybridized carbons (Fsp3) is 0.273. The van der Waals surface area contributed by atoms with Crippen LogP contribution in [0, 0.1) is 0 Å². The molecular formula is C33H36O6S. The third-order valence-corrected chi connectivity index (χ3v) is 7.27. The van der Waals surface area contributed by atoms with Crippen LogP contribution < -0.4 is 0 Å². The summed E-state index contributed by atoms with van der Waals surface area (Å²) in [7, 11) is -3.86. The Hall–Kier alpha value is -3.33. The van der Waals surface area contributed by atoms with Crippen LogP contribution in [0.5, 0.6) is 0 Å². The van der Waals surface area contributed by atoms with Gasteiger partial charge < -0.3 is 14.6 Å². The zero-order chi connectivity index (χ0) is 28.3. The van der Waals surface area contributed by atoms with Gasteiger partial charge in [-0.2, -0.15) is 8.42 Å². The maximum Gasteiger partial charge on any atom is 0.264 e. The highest BCUT2D eigenvalue weighted by Crippen LogP contribution is 2.41. The van der Waals surface area contributed by atoms with Gasteiger partial charge in [-0.15, -0.1) is 0 Å². The summed E-state index contributed by atoms with van der Waals surface area (Å²) in [6.07, 6.45) is 0.230. The minimum Gasteiger partial charge on any atom is -0.396 e. The molecule has 40 heavy (non-hydrogen) atoms. The fourth-order valence-electron chi connectivity index (χ4n) is 4.84. The topological polar surface area (TPSA) is 82.1 Å². The van der Waals surface area contributed by atoms with E-state index in [2.05, 4.69) is 0 Å². The van der Waals surface area contributed by atoms with Crippen LogP contribution in [0.3, 0.4) is 0 Å². The van der Waals surface area contributed by atoms with Crippen LogP contribution in [-0.2, 0) is 36.0 Å². The van der Waals surface area contributed by atoms with Crippen LogP contribution in [0.25, 0.3) is 0 Å². The molecule has 0 saturated carbocycles. The molecule has 4 aromatic carbocycles. The van der Waals surface area contributed by atoms with Crippen molar-refractivity contribution in [3.63, 3.8) is 0 Å². The first-order valence-electron chi connectivity index (χ1n) is 13.4. The largest absolute Gasteiger partial charge is 0.396 e. The first kappa shape index (κ1) is 29.6. The molecule has 0 aliphatic heterocycles. The van der Waals surface area contributed by atoms with E-state index in [4.69, 9.17) is 13.7 Å². The maximum atomic E-state index is 12.4. The summed E-state index contributed by atoms with van der Waals surface area (Å²) in [6.45, 7) is 0.123. The average molecular weight is 561 g/mol. The highest BCUT2D eigenvalue weighted by atomic mass is 32.2. The highest BCUT2D eigenvalue weighted by molar-refractivity contribution is 7.86. The number of rotatable bonds is 15. The van der Waals surface area contributed by atoms with E-state index in [9.17, 15) is 13.5 Å². The Balaban J connectivity index is 1.74. The Bertz CT molecular complexity index is 1280. The van der Waals surface area contributed by atoms with Gasteiger partial charge >= 0.3 is 0 Å². The summed E-state index contributed by atoms with van der Waals surface area (Å²) in [5.41, 5.74) is 2.57. The van der Waals surface area contributed by atoms with E-state index < -0.39 is 27.9 Å². The lowest BCUT2D eigenvalue weighted by atomic mass is 9.80. The van der Waals surface area contributed by atoms with Crippen molar-refractivity contribution in [2.75, 3.05) is 19.5 Å². The second-order valence-corrected chi connectivity index (χ2v) is 11.2. The lowest BCUT2D eigenvalue weighted by Gasteiger charge is -2.38. The number of aliphatic hydroxyl groups excluding tert-OH is 1. The molecule has 0 aliphatic rings. The SMILES string of the molecule is CS(=O)(=O)O[C@H](COC(c1ccccc1)(c1ccccc1)c1ccccc1)[C@@H](CCCO)OCc1ccccc1. The predicted molar refractivity (Wildman–Crippen MR) is 156 cm³/mol. The Morgan fingerprint density at radius 3 is 1.57 bits per heavy atom. The van der Waals surface area contributed by atoms with Crippen LogP contribution in [-0.4, -0.2) is 45.2 Å². The monoisotopic (exact) mass is 560 g/mol. The molecule has 4 rings (SSSR count). The molecule has 0 radical (unpaired) electrons. The number of benzene rings is 4. The molecule has 0 amide bonds. The molecule has 0 spiro atoms. The standard InChI is InChI=1S/C33H36O6S/c1-40(35,36)39-32(31(23-14-24-34)37-25-27-15-6-2-7-16-27)26-38-33(28-17-8-3-9-18-28,29-19-10-4-11-20-29)30-21-12-5-13-22-30/h2-13,15-22,31-32,34H,14,23-26H2,1H3/t31-,32-/m1/s1. The maximum absolute atomic E-state index is 12.4. The highest BCUT2D eigenvalue weighted by Gasteiger charge is 2.39. The van der Waals surface area contributed by atoms with Crippen molar-refractivity contribution >= 4 is 10.1 Å². The van der Waals surface area contributed by atoms with Gasteiger partial charge in [0, 0.05) is 6.61 Å². The van der Waals surface area contributed by atoms with E-state index in [0.717, 1.165) is 28.5 Å². The second-order valence-electron chi connectivity index (χ2n) is 9.63. The van der Waals surface area contributed by atoms with E-state index in [1.165, 1.54) is 0 Å². The van der Waals surface area contributed by atoms with Gasteiger partial charge in [-0.25, -0.2) is 0 Å². The second kappa shape index (κ2) is 14.3. The Kier molecular flexibility index (Phi) is 10.6. The number of hydrogen-bond acceptors (Lipinski definition) is 6. The zero-order valence-electron chi connectivity index (χ0n) is 22.6. The molecule has 0 aromatic heterocycles. The van der Waals surface area contributed by atoms with Crippen LogP contribution in [0.15, 0.2) is 121 Å². The van der Waals surface area contributed by atoms with Gasteiger partial charge in [0.15, 0.2) is 0 Å². The zero-order valence-corrected chi connectivity index (χ0v) is 23.5. The Labute approximate surface area is 237 Å². The molecule has 4 aromatic rings. The van der Waals surface area contributed by atoms with Gasteiger partial charge in [-0.1, -0.05) is 121 Å². The van der Waals surface area contributed by atoms with E-state index in [1.54, 1.807) is 0 Å². The van der Waals surface area contributed by atoms with E-state index >= 15 is 0 Å². The number of aliphatic hydroxyl groups is 1. The summed E-state index contributed by atoms with van der Waals surface area (Å²) in [6, 6.07) is 39.2. The van der Waals surface area contributed by atoms with Crippen molar-refractivity contribution in [2.45, 2.75) is 37.3 Å². The van der Waals surface area contributed by atoms with Crippen molar-refractivity contribution in [3.8, 4) is 0 Å². The van der Waals surface area contributed by atoms with E-state index in [0.29, 0.717) is 12.8 Å². The van der Waals surface area contributed by atoms with Crippen molar-refractivity contribution in [2.24, 2.45) is 0 Å². The molecule has 7 heteroatoms. The smallest absolute Gasteiger partial charge is 0.264 e.